The predicted octanol–water partition coefficient (Wildman–Crippen LogP) is -0.372. The first kappa shape index (κ1) is 25.7. The number of alkyl carbamates (subject to hydrolysis) is 1. The lowest BCUT2D eigenvalue weighted by Crippen LogP contribution is -2.38. The molecule has 0 spiro atoms. The Morgan fingerprint density at radius 3 is 2.26 bits per heavy atom. The molecule has 0 aromatic heterocycles. The minimum atomic E-state index is -0.483. The summed E-state index contributed by atoms with van der Waals surface area (Å²) in [6.07, 6.45) is 2.09. The summed E-state index contributed by atoms with van der Waals surface area (Å²) in [5.41, 5.74) is 23.6. The zero-order valence-electron chi connectivity index (χ0n) is 17.4. The SMILES string of the molecule is CC(C)(C)OC(=O)NCCCCC(N)/C(CN)=N/CCN(CCN)CCN. The number of carbonyl (C=O) groups is 1. The quantitative estimate of drug-likeness (QED) is 0.201. The number of rotatable bonds is 14. The number of carbonyl (C=O) groups excluding carboxylic acids is 1. The molecule has 0 saturated heterocycles. The minimum Gasteiger partial charge on any atom is -0.444 e. The van der Waals surface area contributed by atoms with E-state index in [4.69, 9.17) is 27.7 Å². The molecule has 0 aliphatic carbocycles. The number of hydrogen-bond acceptors (Lipinski definition) is 8. The van der Waals surface area contributed by atoms with Crippen molar-refractivity contribution in [3.63, 3.8) is 0 Å². The number of unbranched alkanes of at least 4 members (excludes halogenated alkanes) is 1. The highest BCUT2D eigenvalue weighted by Crippen LogP contribution is 2.06. The van der Waals surface area contributed by atoms with Crippen molar-refractivity contribution in [1.82, 2.24) is 10.2 Å². The number of aliphatic imine (C=N–C) groups is 1. The third kappa shape index (κ3) is 14.5. The molecule has 0 aliphatic heterocycles. The Bertz CT molecular complexity index is 418. The van der Waals surface area contributed by atoms with Crippen molar-refractivity contribution in [2.75, 3.05) is 52.4 Å². The number of amides is 1. The summed E-state index contributed by atoms with van der Waals surface area (Å²) >= 11 is 0. The van der Waals surface area contributed by atoms with E-state index in [1.54, 1.807) is 0 Å². The van der Waals surface area contributed by atoms with E-state index in [1.165, 1.54) is 0 Å². The first-order chi connectivity index (χ1) is 12.7. The van der Waals surface area contributed by atoms with Gasteiger partial charge >= 0.3 is 6.09 Å². The lowest BCUT2D eigenvalue weighted by molar-refractivity contribution is 0.0527. The van der Waals surface area contributed by atoms with E-state index in [2.05, 4.69) is 15.2 Å². The topological polar surface area (TPSA) is 158 Å². The summed E-state index contributed by atoms with van der Waals surface area (Å²) in [5, 5.41) is 2.74. The van der Waals surface area contributed by atoms with Crippen molar-refractivity contribution < 1.29 is 9.53 Å². The van der Waals surface area contributed by atoms with Crippen molar-refractivity contribution >= 4 is 11.8 Å². The van der Waals surface area contributed by atoms with Gasteiger partial charge in [0.05, 0.1) is 6.54 Å². The van der Waals surface area contributed by atoms with Crippen molar-refractivity contribution in [1.29, 1.82) is 0 Å². The van der Waals surface area contributed by atoms with Crippen molar-refractivity contribution in [2.24, 2.45) is 27.9 Å². The van der Waals surface area contributed by atoms with E-state index in [0.29, 0.717) is 32.7 Å². The van der Waals surface area contributed by atoms with E-state index in [9.17, 15) is 4.79 Å². The molecule has 0 rings (SSSR count). The van der Waals surface area contributed by atoms with Gasteiger partial charge in [0.1, 0.15) is 5.60 Å². The summed E-state index contributed by atoms with van der Waals surface area (Å²) in [7, 11) is 0. The fourth-order valence-corrected chi connectivity index (χ4v) is 2.53. The van der Waals surface area contributed by atoms with E-state index in [-0.39, 0.29) is 6.04 Å². The molecule has 0 saturated carbocycles. The van der Waals surface area contributed by atoms with Gasteiger partial charge in [-0.3, -0.25) is 9.89 Å². The molecule has 0 fully saturated rings. The Morgan fingerprint density at radius 1 is 1.11 bits per heavy atom. The number of hydrogen-bond donors (Lipinski definition) is 5. The van der Waals surface area contributed by atoms with Gasteiger partial charge < -0.3 is 33.0 Å². The number of nitrogens with zero attached hydrogens (tertiary/aromatic N) is 2. The Labute approximate surface area is 164 Å². The van der Waals surface area contributed by atoms with E-state index < -0.39 is 11.7 Å². The third-order valence-corrected chi connectivity index (χ3v) is 3.87. The average Bonchev–Trinajstić information content (AvgIpc) is 2.57. The highest BCUT2D eigenvalue weighted by molar-refractivity contribution is 5.91. The van der Waals surface area contributed by atoms with Crippen LogP contribution in [0.5, 0.6) is 0 Å². The van der Waals surface area contributed by atoms with E-state index >= 15 is 0 Å². The van der Waals surface area contributed by atoms with Crippen LogP contribution in [0.3, 0.4) is 0 Å². The van der Waals surface area contributed by atoms with Crippen LogP contribution < -0.4 is 28.3 Å². The monoisotopic (exact) mass is 387 g/mol. The van der Waals surface area contributed by atoms with Gasteiger partial charge in [0.2, 0.25) is 0 Å². The summed E-state index contributed by atoms with van der Waals surface area (Å²) < 4.78 is 5.19. The van der Waals surface area contributed by atoms with Gasteiger partial charge in [0, 0.05) is 57.6 Å². The fraction of sp³-hybridized carbons (Fsp3) is 0.889. The maximum Gasteiger partial charge on any atom is 0.407 e. The van der Waals surface area contributed by atoms with Crippen LogP contribution in [-0.4, -0.2) is 80.7 Å². The molecule has 160 valence electrons. The molecule has 9 N–H and O–H groups in total. The second-order valence-electron chi connectivity index (χ2n) is 7.53. The predicted molar refractivity (Wildman–Crippen MR) is 112 cm³/mol. The fourth-order valence-electron chi connectivity index (χ4n) is 2.53. The van der Waals surface area contributed by atoms with Crippen LogP contribution in [-0.2, 0) is 4.74 Å². The van der Waals surface area contributed by atoms with Crippen LogP contribution in [0.4, 0.5) is 4.79 Å². The highest BCUT2D eigenvalue weighted by atomic mass is 16.6. The molecule has 0 aromatic rings. The maximum absolute atomic E-state index is 11.6. The van der Waals surface area contributed by atoms with Gasteiger partial charge in [0.25, 0.3) is 0 Å². The first-order valence-electron chi connectivity index (χ1n) is 9.81. The van der Waals surface area contributed by atoms with Gasteiger partial charge in [0.15, 0.2) is 0 Å². The normalized spacial score (nSPS) is 13.7. The smallest absolute Gasteiger partial charge is 0.407 e. The number of ether oxygens (including phenoxy) is 1. The molecule has 1 unspecified atom stereocenters. The second kappa shape index (κ2) is 14.8. The van der Waals surface area contributed by atoms with Gasteiger partial charge in [-0.2, -0.15) is 0 Å². The molecular weight excluding hydrogens is 346 g/mol. The zero-order valence-corrected chi connectivity index (χ0v) is 17.4. The van der Waals surface area contributed by atoms with Crippen LogP contribution in [0.1, 0.15) is 40.0 Å². The van der Waals surface area contributed by atoms with Gasteiger partial charge in [-0.05, 0) is 40.0 Å². The Kier molecular flexibility index (Phi) is 14.1. The molecular formula is C18H41N7O2. The van der Waals surface area contributed by atoms with Crippen LogP contribution in [0, 0.1) is 0 Å². The number of nitrogens with one attached hydrogen (secondary N) is 1. The molecule has 0 heterocycles. The molecule has 0 aliphatic rings. The highest BCUT2D eigenvalue weighted by Gasteiger charge is 2.15. The largest absolute Gasteiger partial charge is 0.444 e. The van der Waals surface area contributed by atoms with Crippen LogP contribution >= 0.6 is 0 Å². The van der Waals surface area contributed by atoms with Crippen molar-refractivity contribution in [3.05, 3.63) is 0 Å². The van der Waals surface area contributed by atoms with E-state index in [1.807, 2.05) is 20.8 Å². The molecule has 0 aromatic carbocycles. The van der Waals surface area contributed by atoms with Gasteiger partial charge in [-0.15, -0.1) is 0 Å². The Balaban J connectivity index is 4.11. The maximum atomic E-state index is 11.6. The second-order valence-corrected chi connectivity index (χ2v) is 7.53. The molecule has 27 heavy (non-hydrogen) atoms. The lowest BCUT2D eigenvalue weighted by Gasteiger charge is -2.20. The summed E-state index contributed by atoms with van der Waals surface area (Å²) in [5.74, 6) is 0. The molecule has 9 heteroatoms. The van der Waals surface area contributed by atoms with Crippen LogP contribution in [0.25, 0.3) is 0 Å². The van der Waals surface area contributed by atoms with Crippen molar-refractivity contribution in [3.8, 4) is 0 Å². The Morgan fingerprint density at radius 2 is 1.74 bits per heavy atom. The molecule has 1 atom stereocenters. The summed E-state index contributed by atoms with van der Waals surface area (Å²) in [6.45, 7) is 10.7. The van der Waals surface area contributed by atoms with Crippen LogP contribution in [0.15, 0.2) is 4.99 Å². The summed E-state index contributed by atoms with van der Waals surface area (Å²) in [4.78, 5) is 18.3. The third-order valence-electron chi connectivity index (χ3n) is 3.87. The van der Waals surface area contributed by atoms with E-state index in [0.717, 1.165) is 44.6 Å². The molecule has 0 radical (unpaired) electrons. The lowest BCUT2D eigenvalue weighted by atomic mass is 10.1. The van der Waals surface area contributed by atoms with Crippen molar-refractivity contribution in [2.45, 2.75) is 51.7 Å². The van der Waals surface area contributed by atoms with Gasteiger partial charge in [-0.25, -0.2) is 4.79 Å². The zero-order chi connectivity index (χ0) is 20.7. The molecule has 9 nitrogen and oxygen atoms in total. The number of nitrogens with two attached hydrogens (primary N) is 4. The molecule has 1 amide bonds. The molecule has 0 bridgehead atoms. The summed E-state index contributed by atoms with van der Waals surface area (Å²) in [6, 6.07) is -0.158. The van der Waals surface area contributed by atoms with Crippen LogP contribution in [0.2, 0.25) is 0 Å². The van der Waals surface area contributed by atoms with Gasteiger partial charge in [-0.1, -0.05) is 0 Å². The standard InChI is InChI=1S/C18H41N7O2/c1-18(2,3)27-17(26)24-9-5-4-6-15(22)16(14-21)23-10-13-25(11-7-19)12-8-20/h15H,4-14,19-22H2,1-3H3,(H,24,26)/b23-16+. The first-order valence-corrected chi connectivity index (χ1v) is 9.81. The minimum absolute atomic E-state index is 0.158. The Hall–Kier alpha value is -1.26. The average molecular weight is 388 g/mol.